The molecule has 0 atom stereocenters. The average Bonchev–Trinajstić information content (AvgIpc) is 3.02. The number of hydrogen-bond acceptors (Lipinski definition) is 6. The van der Waals surface area contributed by atoms with Crippen LogP contribution in [0.4, 0.5) is 5.82 Å². The van der Waals surface area contributed by atoms with Crippen molar-refractivity contribution in [2.75, 3.05) is 38.2 Å². The maximum Gasteiger partial charge on any atom is 0.262 e. The molecule has 1 saturated heterocycles. The molecule has 3 rings (SSSR count). The number of pyridine rings is 1. The summed E-state index contributed by atoms with van der Waals surface area (Å²) < 4.78 is 33.4. The van der Waals surface area contributed by atoms with Gasteiger partial charge in [0.2, 0.25) is 0 Å². The molecule has 0 aliphatic carbocycles. The minimum Gasteiger partial charge on any atom is -0.497 e. The minimum atomic E-state index is -3.53. The summed E-state index contributed by atoms with van der Waals surface area (Å²) in [5.41, 5.74) is 0. The Morgan fingerprint density at radius 1 is 1.17 bits per heavy atom. The normalized spacial score (nSPS) is 16.5. The van der Waals surface area contributed by atoms with Crippen LogP contribution < -0.4 is 9.64 Å². The van der Waals surface area contributed by atoms with Crippen LogP contribution in [0.5, 0.6) is 5.75 Å². The topological polar surface area (TPSA) is 80.6 Å². The Labute approximate surface area is 135 Å². The second-order valence-corrected chi connectivity index (χ2v) is 7.21. The number of piperazine rings is 1. The molecule has 2 aromatic heterocycles. The van der Waals surface area contributed by atoms with Crippen LogP contribution in [0.15, 0.2) is 35.9 Å². The molecule has 0 spiro atoms. The molecule has 9 heteroatoms. The van der Waals surface area contributed by atoms with Gasteiger partial charge in [-0.2, -0.15) is 4.31 Å². The number of aromatic nitrogens is 3. The van der Waals surface area contributed by atoms with Gasteiger partial charge in [0.25, 0.3) is 10.0 Å². The lowest BCUT2D eigenvalue weighted by Gasteiger charge is -2.34. The molecule has 0 amide bonds. The van der Waals surface area contributed by atoms with Gasteiger partial charge in [-0.05, 0) is 6.07 Å². The van der Waals surface area contributed by atoms with Crippen LogP contribution in [0.25, 0.3) is 0 Å². The molecular formula is C14H19N5O3S. The van der Waals surface area contributed by atoms with Crippen LogP contribution in [0.1, 0.15) is 0 Å². The fourth-order valence-corrected chi connectivity index (χ4v) is 3.90. The van der Waals surface area contributed by atoms with Crippen LogP contribution in [0.3, 0.4) is 0 Å². The lowest BCUT2D eigenvalue weighted by molar-refractivity contribution is 0.381. The number of ether oxygens (including phenoxy) is 1. The smallest absolute Gasteiger partial charge is 0.262 e. The Kier molecular flexibility index (Phi) is 4.22. The van der Waals surface area contributed by atoms with E-state index in [1.807, 2.05) is 11.0 Å². The zero-order valence-corrected chi connectivity index (χ0v) is 13.9. The number of rotatable bonds is 4. The van der Waals surface area contributed by atoms with Gasteiger partial charge in [-0.15, -0.1) is 0 Å². The Balaban J connectivity index is 1.70. The lowest BCUT2D eigenvalue weighted by Crippen LogP contribution is -2.49. The maximum atomic E-state index is 12.5. The molecule has 23 heavy (non-hydrogen) atoms. The van der Waals surface area contributed by atoms with Crippen molar-refractivity contribution in [2.24, 2.45) is 7.05 Å². The second-order valence-electron chi connectivity index (χ2n) is 5.32. The molecule has 8 nitrogen and oxygen atoms in total. The number of aryl methyl sites for hydroxylation is 1. The van der Waals surface area contributed by atoms with Crippen molar-refractivity contribution in [1.82, 2.24) is 18.8 Å². The zero-order valence-electron chi connectivity index (χ0n) is 13.1. The standard InChI is InChI=1S/C14H19N5O3S/c1-17-10-14(16-11-17)23(20,21)19-7-5-18(6-8-19)13-9-12(22-2)3-4-15-13/h3-4,9-11H,5-8H2,1-2H3. The monoisotopic (exact) mass is 337 g/mol. The Bertz CT molecular complexity index is 781. The van der Waals surface area contributed by atoms with Gasteiger partial charge in [0, 0.05) is 51.7 Å². The lowest BCUT2D eigenvalue weighted by atomic mass is 10.3. The molecule has 2 aromatic rings. The predicted octanol–water partition coefficient (Wildman–Crippen LogP) is 0.335. The summed E-state index contributed by atoms with van der Waals surface area (Å²) in [6.07, 6.45) is 4.69. The van der Waals surface area contributed by atoms with E-state index in [1.54, 1.807) is 31.0 Å². The molecule has 0 bridgehead atoms. The van der Waals surface area contributed by atoms with Gasteiger partial charge >= 0.3 is 0 Å². The summed E-state index contributed by atoms with van der Waals surface area (Å²) in [6.45, 7) is 1.95. The van der Waals surface area contributed by atoms with E-state index < -0.39 is 10.0 Å². The third-order valence-electron chi connectivity index (χ3n) is 3.80. The summed E-state index contributed by atoms with van der Waals surface area (Å²) in [5, 5.41) is 0.0907. The number of anilines is 1. The van der Waals surface area contributed by atoms with Crippen LogP contribution >= 0.6 is 0 Å². The van der Waals surface area contributed by atoms with Crippen molar-refractivity contribution in [3.8, 4) is 5.75 Å². The van der Waals surface area contributed by atoms with Gasteiger partial charge in [0.15, 0.2) is 5.03 Å². The quantitative estimate of drug-likeness (QED) is 0.800. The molecule has 0 N–H and O–H groups in total. The SMILES string of the molecule is COc1ccnc(N2CCN(S(=O)(=O)c3cn(C)cn3)CC2)c1. The molecule has 1 aliphatic rings. The first-order chi connectivity index (χ1) is 11.0. The van der Waals surface area contributed by atoms with Crippen LogP contribution in [0.2, 0.25) is 0 Å². The summed E-state index contributed by atoms with van der Waals surface area (Å²) in [7, 11) is -0.174. The van der Waals surface area contributed by atoms with E-state index in [0.29, 0.717) is 26.2 Å². The first kappa shape index (κ1) is 15.8. The molecule has 0 aromatic carbocycles. The van der Waals surface area contributed by atoms with Gasteiger partial charge in [-0.25, -0.2) is 18.4 Å². The van der Waals surface area contributed by atoms with Crippen LogP contribution in [0, 0.1) is 0 Å². The first-order valence-corrected chi connectivity index (χ1v) is 8.68. The van der Waals surface area contributed by atoms with E-state index in [1.165, 1.54) is 16.8 Å². The highest BCUT2D eigenvalue weighted by molar-refractivity contribution is 7.89. The number of sulfonamides is 1. The van der Waals surface area contributed by atoms with Crippen molar-refractivity contribution in [2.45, 2.75) is 5.03 Å². The summed E-state index contributed by atoms with van der Waals surface area (Å²) in [4.78, 5) is 10.3. The Hall–Kier alpha value is -2.13. The highest BCUT2D eigenvalue weighted by Gasteiger charge is 2.30. The first-order valence-electron chi connectivity index (χ1n) is 7.24. The van der Waals surface area contributed by atoms with Gasteiger partial charge in [0.1, 0.15) is 11.6 Å². The predicted molar refractivity (Wildman–Crippen MR) is 85.0 cm³/mol. The second kappa shape index (κ2) is 6.17. The maximum absolute atomic E-state index is 12.5. The van der Waals surface area contributed by atoms with E-state index in [2.05, 4.69) is 9.97 Å². The van der Waals surface area contributed by atoms with Gasteiger partial charge in [0.05, 0.1) is 13.4 Å². The van der Waals surface area contributed by atoms with E-state index in [0.717, 1.165) is 11.6 Å². The van der Waals surface area contributed by atoms with Crippen LogP contribution in [-0.2, 0) is 17.1 Å². The molecule has 3 heterocycles. The summed E-state index contributed by atoms with van der Waals surface area (Å²) in [5.74, 6) is 1.53. The number of imidazole rings is 1. The Morgan fingerprint density at radius 2 is 1.91 bits per heavy atom. The van der Waals surface area contributed by atoms with Gasteiger partial charge < -0.3 is 14.2 Å². The molecule has 0 radical (unpaired) electrons. The number of hydrogen-bond donors (Lipinski definition) is 0. The van der Waals surface area contributed by atoms with E-state index in [-0.39, 0.29) is 5.03 Å². The van der Waals surface area contributed by atoms with E-state index in [4.69, 9.17) is 4.74 Å². The van der Waals surface area contributed by atoms with Gasteiger partial charge in [-0.1, -0.05) is 0 Å². The molecular weight excluding hydrogens is 318 g/mol. The minimum absolute atomic E-state index is 0.0907. The molecule has 124 valence electrons. The average molecular weight is 337 g/mol. The fourth-order valence-electron chi connectivity index (χ4n) is 2.51. The molecule has 0 saturated carbocycles. The highest BCUT2D eigenvalue weighted by atomic mass is 32.2. The highest BCUT2D eigenvalue weighted by Crippen LogP contribution is 2.21. The number of nitrogens with zero attached hydrogens (tertiary/aromatic N) is 5. The fraction of sp³-hybridized carbons (Fsp3) is 0.429. The van der Waals surface area contributed by atoms with Crippen molar-refractivity contribution in [3.05, 3.63) is 30.9 Å². The summed E-state index contributed by atoms with van der Waals surface area (Å²) >= 11 is 0. The third kappa shape index (κ3) is 3.15. The summed E-state index contributed by atoms with van der Waals surface area (Å²) in [6, 6.07) is 3.63. The van der Waals surface area contributed by atoms with E-state index >= 15 is 0 Å². The van der Waals surface area contributed by atoms with E-state index in [9.17, 15) is 8.42 Å². The Morgan fingerprint density at radius 3 is 2.52 bits per heavy atom. The van der Waals surface area contributed by atoms with Crippen molar-refractivity contribution < 1.29 is 13.2 Å². The molecule has 1 fully saturated rings. The largest absolute Gasteiger partial charge is 0.497 e. The third-order valence-corrected chi connectivity index (χ3v) is 5.59. The van der Waals surface area contributed by atoms with Gasteiger partial charge in [-0.3, -0.25) is 0 Å². The van der Waals surface area contributed by atoms with Crippen LogP contribution in [-0.4, -0.2) is 60.5 Å². The van der Waals surface area contributed by atoms with Crippen molar-refractivity contribution >= 4 is 15.8 Å². The number of methoxy groups -OCH3 is 1. The molecule has 1 aliphatic heterocycles. The zero-order chi connectivity index (χ0) is 16.4. The van der Waals surface area contributed by atoms with Crippen molar-refractivity contribution in [3.63, 3.8) is 0 Å². The van der Waals surface area contributed by atoms with Crippen molar-refractivity contribution in [1.29, 1.82) is 0 Å². The molecule has 0 unspecified atom stereocenters.